The molecule has 134 valence electrons. The largest absolute Gasteiger partial charge is 0.478 e. The maximum Gasteiger partial charge on any atom is 0.335 e. The molecule has 2 heterocycles. The highest BCUT2D eigenvalue weighted by Crippen LogP contribution is 2.20. The molecule has 0 saturated heterocycles. The number of aromatic nitrogens is 3. The minimum atomic E-state index is -0.985. The number of nitrogens with zero attached hydrogens (tertiary/aromatic N) is 4. The van der Waals surface area contributed by atoms with Crippen LogP contribution in [0.5, 0.6) is 0 Å². The first-order chi connectivity index (χ1) is 13.2. The van der Waals surface area contributed by atoms with Crippen LogP contribution in [0.2, 0.25) is 0 Å². The van der Waals surface area contributed by atoms with Gasteiger partial charge >= 0.3 is 5.97 Å². The van der Waals surface area contributed by atoms with Crippen LogP contribution < -0.4 is 10.7 Å². The van der Waals surface area contributed by atoms with E-state index < -0.39 is 5.97 Å². The van der Waals surface area contributed by atoms with Gasteiger partial charge in [-0.3, -0.25) is 5.43 Å². The van der Waals surface area contributed by atoms with Gasteiger partial charge < -0.3 is 15.8 Å². The Hall–Kier alpha value is -4.14. The number of aromatic carboxylic acids is 1. The smallest absolute Gasteiger partial charge is 0.335 e. The third-order valence-corrected chi connectivity index (χ3v) is 3.48. The number of benzene rings is 1. The van der Waals surface area contributed by atoms with Crippen LogP contribution >= 0.6 is 0 Å². The second-order valence-corrected chi connectivity index (χ2v) is 5.27. The lowest BCUT2D eigenvalue weighted by Gasteiger charge is -2.10. The van der Waals surface area contributed by atoms with Crippen molar-refractivity contribution in [3.63, 3.8) is 0 Å². The molecule has 3 aromatic rings. The number of carbonyl (C=O) groups is 1. The minimum absolute atomic E-state index is 0.201. The Morgan fingerprint density at radius 3 is 2.52 bits per heavy atom. The summed E-state index contributed by atoms with van der Waals surface area (Å²) in [5, 5.41) is 23.7. The molecule has 0 bridgehead atoms. The summed E-state index contributed by atoms with van der Waals surface area (Å²) in [7, 11) is 0. The molecular formula is C18H15N7O2. The summed E-state index contributed by atoms with van der Waals surface area (Å²) in [6.07, 6.45) is 5.63. The molecule has 9 nitrogen and oxygen atoms in total. The van der Waals surface area contributed by atoms with E-state index in [2.05, 4.69) is 30.8 Å². The van der Waals surface area contributed by atoms with Crippen LogP contribution in [-0.2, 0) is 0 Å². The van der Waals surface area contributed by atoms with Crippen molar-refractivity contribution in [1.82, 2.24) is 15.0 Å². The molecule has 0 atom stereocenters. The number of hydrazone groups is 1. The van der Waals surface area contributed by atoms with Gasteiger partial charge in [0.2, 0.25) is 0 Å². The van der Waals surface area contributed by atoms with Gasteiger partial charge in [0.25, 0.3) is 0 Å². The number of hydrogen-bond acceptors (Lipinski definition) is 8. The van der Waals surface area contributed by atoms with Crippen molar-refractivity contribution in [2.45, 2.75) is 0 Å². The summed E-state index contributed by atoms with van der Waals surface area (Å²) >= 11 is 0. The first-order valence-electron chi connectivity index (χ1n) is 7.83. The lowest BCUT2D eigenvalue weighted by atomic mass is 10.1. The Bertz CT molecular complexity index is 973. The van der Waals surface area contributed by atoms with Crippen molar-refractivity contribution in [3.8, 4) is 0 Å². The average Bonchev–Trinajstić information content (AvgIpc) is 2.69. The Kier molecular flexibility index (Phi) is 5.43. The van der Waals surface area contributed by atoms with Gasteiger partial charge in [0.15, 0.2) is 5.82 Å². The molecule has 0 aliphatic heterocycles. The summed E-state index contributed by atoms with van der Waals surface area (Å²) in [5.74, 6) is 0.368. The molecular weight excluding hydrogens is 346 g/mol. The number of pyridine rings is 1. The van der Waals surface area contributed by atoms with Crippen molar-refractivity contribution < 1.29 is 9.90 Å². The SMILES string of the molecule is N=Cc1c(N/N=C/c2ccc(C(=O)O)cc2)ncnc1Nc1ccccn1. The van der Waals surface area contributed by atoms with Crippen molar-refractivity contribution >= 4 is 35.9 Å². The van der Waals surface area contributed by atoms with E-state index in [-0.39, 0.29) is 5.56 Å². The quantitative estimate of drug-likeness (QED) is 0.375. The van der Waals surface area contributed by atoms with Gasteiger partial charge in [0.05, 0.1) is 17.3 Å². The maximum atomic E-state index is 10.9. The highest BCUT2D eigenvalue weighted by Gasteiger charge is 2.09. The predicted octanol–water partition coefficient (Wildman–Crippen LogP) is 2.76. The molecule has 0 radical (unpaired) electrons. The fourth-order valence-corrected chi connectivity index (χ4v) is 2.16. The third-order valence-electron chi connectivity index (χ3n) is 3.48. The first-order valence-corrected chi connectivity index (χ1v) is 7.83. The highest BCUT2D eigenvalue weighted by atomic mass is 16.4. The zero-order valence-corrected chi connectivity index (χ0v) is 14.0. The van der Waals surface area contributed by atoms with Crippen LogP contribution in [-0.4, -0.2) is 38.5 Å². The molecule has 3 rings (SSSR count). The molecule has 0 amide bonds. The van der Waals surface area contributed by atoms with Gasteiger partial charge in [-0.25, -0.2) is 19.7 Å². The van der Waals surface area contributed by atoms with Crippen molar-refractivity contribution in [3.05, 3.63) is 71.7 Å². The number of rotatable bonds is 7. The minimum Gasteiger partial charge on any atom is -0.478 e. The standard InChI is InChI=1S/C18H15N7O2/c19-9-14-16(24-15-3-1-2-8-20-15)21-11-22-17(14)25-23-10-12-4-6-13(7-5-12)18(26)27/h1-11,19H,(H,26,27)(H2,20,21,22,24,25)/b19-9?,23-10+. The molecule has 0 spiro atoms. The Balaban J connectivity index is 1.75. The average molecular weight is 361 g/mol. The molecule has 0 aliphatic carbocycles. The molecule has 4 N–H and O–H groups in total. The van der Waals surface area contributed by atoms with Crippen LogP contribution in [0.3, 0.4) is 0 Å². The molecule has 0 unspecified atom stereocenters. The summed E-state index contributed by atoms with van der Waals surface area (Å²) in [6.45, 7) is 0. The van der Waals surface area contributed by atoms with Crippen LogP contribution in [0.15, 0.2) is 60.1 Å². The second kappa shape index (κ2) is 8.30. The molecule has 0 saturated carbocycles. The van der Waals surface area contributed by atoms with Crippen molar-refractivity contribution in [2.24, 2.45) is 5.10 Å². The van der Waals surface area contributed by atoms with Crippen molar-refractivity contribution in [2.75, 3.05) is 10.7 Å². The predicted molar refractivity (Wildman–Crippen MR) is 102 cm³/mol. The number of nitrogens with one attached hydrogen (secondary N) is 3. The summed E-state index contributed by atoms with van der Waals surface area (Å²) in [6, 6.07) is 11.7. The van der Waals surface area contributed by atoms with E-state index in [1.165, 1.54) is 24.7 Å². The van der Waals surface area contributed by atoms with Gasteiger partial charge in [-0.1, -0.05) is 18.2 Å². The summed E-state index contributed by atoms with van der Waals surface area (Å²) in [5.41, 5.74) is 4.10. The summed E-state index contributed by atoms with van der Waals surface area (Å²) < 4.78 is 0. The van der Waals surface area contributed by atoms with Gasteiger partial charge in [0.1, 0.15) is 18.0 Å². The van der Waals surface area contributed by atoms with Crippen molar-refractivity contribution in [1.29, 1.82) is 5.41 Å². The van der Waals surface area contributed by atoms with E-state index in [0.29, 0.717) is 28.6 Å². The fourth-order valence-electron chi connectivity index (χ4n) is 2.16. The zero-order valence-electron chi connectivity index (χ0n) is 14.0. The number of anilines is 3. The zero-order chi connectivity index (χ0) is 19.1. The summed E-state index contributed by atoms with van der Waals surface area (Å²) in [4.78, 5) is 23.2. The van der Waals surface area contributed by atoms with Gasteiger partial charge in [-0.15, -0.1) is 0 Å². The van der Waals surface area contributed by atoms with Crippen LogP contribution in [0.4, 0.5) is 17.5 Å². The third kappa shape index (κ3) is 4.48. The number of hydrogen-bond donors (Lipinski definition) is 4. The Morgan fingerprint density at radius 1 is 1.07 bits per heavy atom. The van der Waals surface area contributed by atoms with Gasteiger partial charge in [-0.05, 0) is 29.8 Å². The van der Waals surface area contributed by atoms with Gasteiger partial charge in [-0.2, -0.15) is 5.10 Å². The lowest BCUT2D eigenvalue weighted by molar-refractivity contribution is 0.0697. The van der Waals surface area contributed by atoms with E-state index in [1.807, 2.05) is 6.07 Å². The lowest BCUT2D eigenvalue weighted by Crippen LogP contribution is -2.05. The molecule has 2 aromatic heterocycles. The van der Waals surface area contributed by atoms with Crippen LogP contribution in [0.1, 0.15) is 21.5 Å². The topological polar surface area (TPSA) is 136 Å². The van der Waals surface area contributed by atoms with E-state index in [4.69, 9.17) is 10.5 Å². The molecule has 0 fully saturated rings. The number of carboxylic acid groups (broad SMARTS) is 1. The van der Waals surface area contributed by atoms with E-state index in [0.717, 1.165) is 6.21 Å². The molecule has 0 aliphatic rings. The number of carboxylic acids is 1. The normalized spacial score (nSPS) is 10.5. The van der Waals surface area contributed by atoms with Crippen LogP contribution in [0, 0.1) is 5.41 Å². The fraction of sp³-hybridized carbons (Fsp3) is 0. The molecule has 9 heteroatoms. The highest BCUT2D eigenvalue weighted by molar-refractivity contribution is 5.92. The Labute approximate surface area is 154 Å². The van der Waals surface area contributed by atoms with E-state index in [1.54, 1.807) is 30.5 Å². The van der Waals surface area contributed by atoms with Gasteiger partial charge in [0, 0.05) is 12.4 Å². The molecule has 27 heavy (non-hydrogen) atoms. The van der Waals surface area contributed by atoms with Crippen LogP contribution in [0.25, 0.3) is 0 Å². The molecule has 1 aromatic carbocycles. The van der Waals surface area contributed by atoms with E-state index in [9.17, 15) is 4.79 Å². The monoisotopic (exact) mass is 361 g/mol. The first kappa shape index (κ1) is 17.7. The Morgan fingerprint density at radius 2 is 1.85 bits per heavy atom. The van der Waals surface area contributed by atoms with E-state index >= 15 is 0 Å². The second-order valence-electron chi connectivity index (χ2n) is 5.27. The maximum absolute atomic E-state index is 10.9.